The molecule has 4 aromatic rings. The molecule has 0 aliphatic carbocycles. The highest BCUT2D eigenvalue weighted by Crippen LogP contribution is 2.30. The van der Waals surface area contributed by atoms with Gasteiger partial charge in [-0.05, 0) is 30.7 Å². The van der Waals surface area contributed by atoms with Crippen molar-refractivity contribution in [2.75, 3.05) is 37.7 Å². The van der Waals surface area contributed by atoms with E-state index in [1.807, 2.05) is 17.9 Å². The summed E-state index contributed by atoms with van der Waals surface area (Å²) in [6.45, 7) is 4.37. The average molecular weight is 518 g/mol. The van der Waals surface area contributed by atoms with Gasteiger partial charge in [-0.3, -0.25) is 9.78 Å². The minimum atomic E-state index is -1.25. The maximum atomic E-state index is 12.8. The van der Waals surface area contributed by atoms with Crippen LogP contribution in [-0.4, -0.2) is 68.3 Å². The number of carbonyl (C=O) groups is 1. The molecule has 10 nitrogen and oxygen atoms in total. The van der Waals surface area contributed by atoms with Crippen LogP contribution in [0.5, 0.6) is 5.75 Å². The predicted octanol–water partition coefficient (Wildman–Crippen LogP) is 3.10. The summed E-state index contributed by atoms with van der Waals surface area (Å²) in [7, 11) is 0. The van der Waals surface area contributed by atoms with Crippen molar-refractivity contribution in [3.63, 3.8) is 0 Å². The molecule has 4 heterocycles. The molecule has 188 valence electrons. The van der Waals surface area contributed by atoms with Crippen molar-refractivity contribution >= 4 is 28.8 Å². The third-order valence-corrected chi connectivity index (χ3v) is 6.48. The smallest absolute Gasteiger partial charge is 0.256 e. The molecule has 3 aromatic heterocycles. The summed E-state index contributed by atoms with van der Waals surface area (Å²) in [6, 6.07) is 10.7. The van der Waals surface area contributed by atoms with E-state index in [2.05, 4.69) is 21.1 Å². The van der Waals surface area contributed by atoms with Crippen LogP contribution in [-0.2, 0) is 4.79 Å². The van der Waals surface area contributed by atoms with Gasteiger partial charge >= 0.3 is 0 Å². The molecule has 1 unspecified atom stereocenters. The van der Waals surface area contributed by atoms with Crippen LogP contribution in [0.25, 0.3) is 16.8 Å². The number of anilines is 1. The van der Waals surface area contributed by atoms with Crippen LogP contribution in [0.15, 0.2) is 55.1 Å². The number of amides is 1. The second-order valence-corrected chi connectivity index (χ2v) is 8.95. The highest BCUT2D eigenvalue weighted by atomic mass is 35.5. The molecule has 0 bridgehead atoms. The van der Waals surface area contributed by atoms with Gasteiger partial charge in [0.25, 0.3) is 5.91 Å². The van der Waals surface area contributed by atoms with Gasteiger partial charge < -0.3 is 19.6 Å². The van der Waals surface area contributed by atoms with E-state index in [4.69, 9.17) is 16.3 Å². The molecular weight excluding hydrogens is 494 g/mol. The summed E-state index contributed by atoms with van der Waals surface area (Å²) in [6.07, 6.45) is 5.33. The number of aliphatic hydroxyl groups is 1. The van der Waals surface area contributed by atoms with E-state index in [1.54, 1.807) is 52.3 Å². The molecule has 1 saturated heterocycles. The average Bonchev–Trinajstić information content (AvgIpc) is 3.35. The van der Waals surface area contributed by atoms with Crippen LogP contribution in [0.2, 0.25) is 5.02 Å². The molecule has 1 N–H and O–H groups in total. The first-order valence-electron chi connectivity index (χ1n) is 11.8. The van der Waals surface area contributed by atoms with Gasteiger partial charge in [0, 0.05) is 36.8 Å². The zero-order valence-electron chi connectivity index (χ0n) is 20.1. The number of nitriles is 1. The highest BCUT2D eigenvalue weighted by molar-refractivity contribution is 6.30. The van der Waals surface area contributed by atoms with E-state index in [-0.39, 0.29) is 5.91 Å². The quantitative estimate of drug-likeness (QED) is 0.414. The van der Waals surface area contributed by atoms with Gasteiger partial charge in [0.15, 0.2) is 6.10 Å². The molecule has 1 amide bonds. The van der Waals surface area contributed by atoms with Crippen molar-refractivity contribution in [3.8, 4) is 23.1 Å². The number of aliphatic hydroxyl groups excluding tert-OH is 1. The molecule has 5 rings (SSSR count). The Balaban J connectivity index is 1.30. The van der Waals surface area contributed by atoms with Gasteiger partial charge in [-0.25, -0.2) is 9.50 Å². The zero-order chi connectivity index (χ0) is 25.9. The number of aromatic nitrogens is 4. The second kappa shape index (κ2) is 10.4. The fourth-order valence-corrected chi connectivity index (χ4v) is 4.59. The number of pyridine rings is 1. The standard InChI is InChI=1S/C26H24ClN7O3/c1-2-37-20-11-21(24-18(12-28)13-31-34(24)16-20)22-14-30-23(15-29-22)32-6-8-33(9-7-32)26(36)25(35)17-4-3-5-19(27)10-17/h3-5,10-11,13-16,25,35H,2,6-9H2,1H3. The number of halogens is 1. The third-order valence-electron chi connectivity index (χ3n) is 6.25. The van der Waals surface area contributed by atoms with E-state index in [1.165, 1.54) is 6.20 Å². The Morgan fingerprint density at radius 1 is 1.19 bits per heavy atom. The Kier molecular flexibility index (Phi) is 6.90. The van der Waals surface area contributed by atoms with Gasteiger partial charge in [-0.15, -0.1) is 0 Å². The third kappa shape index (κ3) is 4.91. The van der Waals surface area contributed by atoms with Gasteiger partial charge in [-0.1, -0.05) is 23.7 Å². The molecule has 1 aliphatic heterocycles. The van der Waals surface area contributed by atoms with E-state index in [0.29, 0.717) is 77.3 Å². The maximum absolute atomic E-state index is 12.8. The largest absolute Gasteiger partial charge is 0.492 e. The van der Waals surface area contributed by atoms with Crippen LogP contribution < -0.4 is 9.64 Å². The predicted molar refractivity (Wildman–Crippen MR) is 137 cm³/mol. The Labute approximate surface area is 218 Å². The van der Waals surface area contributed by atoms with Crippen LogP contribution in [0, 0.1) is 11.3 Å². The van der Waals surface area contributed by atoms with Gasteiger partial charge in [-0.2, -0.15) is 10.4 Å². The summed E-state index contributed by atoms with van der Waals surface area (Å²) in [5.74, 6) is 0.942. The number of benzene rings is 1. The number of nitrogens with zero attached hydrogens (tertiary/aromatic N) is 7. The molecule has 0 spiro atoms. The topological polar surface area (TPSA) is 120 Å². The zero-order valence-corrected chi connectivity index (χ0v) is 20.8. The summed E-state index contributed by atoms with van der Waals surface area (Å²) in [5.41, 5.74) is 2.83. The molecule has 11 heteroatoms. The SMILES string of the molecule is CCOc1cc(-c2cnc(N3CCN(C(=O)C(O)c4cccc(Cl)c4)CC3)cn2)c2c(C#N)cnn2c1. The lowest BCUT2D eigenvalue weighted by atomic mass is 10.1. The molecule has 1 atom stereocenters. The van der Waals surface area contributed by atoms with E-state index in [9.17, 15) is 15.2 Å². The molecule has 0 saturated carbocycles. The summed E-state index contributed by atoms with van der Waals surface area (Å²) < 4.78 is 7.27. The Morgan fingerprint density at radius 3 is 2.68 bits per heavy atom. The minimum Gasteiger partial charge on any atom is -0.492 e. The number of fused-ring (bicyclic) bond motifs is 1. The molecule has 0 radical (unpaired) electrons. The lowest BCUT2D eigenvalue weighted by molar-refractivity contribution is -0.140. The Morgan fingerprint density at radius 2 is 2.00 bits per heavy atom. The monoisotopic (exact) mass is 517 g/mol. The van der Waals surface area contributed by atoms with Gasteiger partial charge in [0.2, 0.25) is 0 Å². The Bertz CT molecular complexity index is 1470. The summed E-state index contributed by atoms with van der Waals surface area (Å²) in [5, 5.41) is 24.8. The van der Waals surface area contributed by atoms with E-state index in [0.717, 1.165) is 0 Å². The fraction of sp³-hybridized carbons (Fsp3) is 0.269. The van der Waals surface area contributed by atoms with Crippen LogP contribution >= 0.6 is 11.6 Å². The van der Waals surface area contributed by atoms with E-state index < -0.39 is 6.10 Å². The fourth-order valence-electron chi connectivity index (χ4n) is 4.39. The second-order valence-electron chi connectivity index (χ2n) is 8.52. The molecule has 1 aliphatic rings. The van der Waals surface area contributed by atoms with Crippen LogP contribution in [0.3, 0.4) is 0 Å². The molecular formula is C26H24ClN7O3. The summed E-state index contributed by atoms with van der Waals surface area (Å²) >= 11 is 6.00. The molecule has 1 fully saturated rings. The van der Waals surface area contributed by atoms with Crippen LogP contribution in [0.1, 0.15) is 24.2 Å². The van der Waals surface area contributed by atoms with Gasteiger partial charge in [0.1, 0.15) is 17.6 Å². The molecule has 1 aromatic carbocycles. The van der Waals surface area contributed by atoms with Crippen LogP contribution in [0.4, 0.5) is 5.82 Å². The number of hydrogen-bond acceptors (Lipinski definition) is 8. The van der Waals surface area contributed by atoms with Crippen molar-refractivity contribution in [1.29, 1.82) is 5.26 Å². The number of rotatable bonds is 6. The number of piperazine rings is 1. The molecule has 37 heavy (non-hydrogen) atoms. The number of ether oxygens (including phenoxy) is 1. The van der Waals surface area contributed by atoms with Crippen molar-refractivity contribution in [3.05, 3.63) is 71.3 Å². The first-order valence-corrected chi connectivity index (χ1v) is 12.2. The van der Waals surface area contributed by atoms with Crippen molar-refractivity contribution in [2.45, 2.75) is 13.0 Å². The Hall–Kier alpha value is -4.20. The van der Waals surface area contributed by atoms with Crippen molar-refractivity contribution < 1.29 is 14.6 Å². The van der Waals surface area contributed by atoms with Crippen molar-refractivity contribution in [2.24, 2.45) is 0 Å². The number of carbonyl (C=O) groups excluding carboxylic acids is 1. The highest BCUT2D eigenvalue weighted by Gasteiger charge is 2.28. The van der Waals surface area contributed by atoms with Crippen molar-refractivity contribution in [1.82, 2.24) is 24.5 Å². The number of hydrogen-bond donors (Lipinski definition) is 1. The normalized spacial score (nSPS) is 14.4. The minimum absolute atomic E-state index is 0.351. The maximum Gasteiger partial charge on any atom is 0.256 e. The summed E-state index contributed by atoms with van der Waals surface area (Å²) in [4.78, 5) is 25.7. The lowest BCUT2D eigenvalue weighted by Gasteiger charge is -2.36. The first kappa shape index (κ1) is 24.5. The van der Waals surface area contributed by atoms with Gasteiger partial charge in [0.05, 0.1) is 48.2 Å². The first-order chi connectivity index (χ1) is 18.0. The lowest BCUT2D eigenvalue weighted by Crippen LogP contribution is -2.50. The van der Waals surface area contributed by atoms with E-state index >= 15 is 0 Å².